The molecule has 1 unspecified atom stereocenters. The van der Waals surface area contributed by atoms with E-state index in [-0.39, 0.29) is 18.0 Å². The Morgan fingerprint density at radius 3 is 2.95 bits per heavy atom. The fourth-order valence-electron chi connectivity index (χ4n) is 1.39. The first-order valence-corrected chi connectivity index (χ1v) is 6.16. The summed E-state index contributed by atoms with van der Waals surface area (Å²) in [6.45, 7) is 2.68. The van der Waals surface area contributed by atoms with Crippen LogP contribution in [0.1, 0.15) is 13.3 Å². The average molecular weight is 284 g/mol. The molecule has 1 aromatic rings. The van der Waals surface area contributed by atoms with Gasteiger partial charge in [0.2, 0.25) is 0 Å². The predicted octanol–water partition coefficient (Wildman–Crippen LogP) is 2.52. The van der Waals surface area contributed by atoms with E-state index in [1.807, 2.05) is 13.0 Å². The van der Waals surface area contributed by atoms with Gasteiger partial charge in [0.1, 0.15) is 12.6 Å². The summed E-state index contributed by atoms with van der Waals surface area (Å²) in [4.78, 5) is 10.3. The second-order valence-corrected chi connectivity index (χ2v) is 4.25. The van der Waals surface area contributed by atoms with Crippen LogP contribution in [0.3, 0.4) is 0 Å². The standard InChI is InChI=1S/C12H14ClN3O3/c1-2-5-15-10(7-14)8-19-12-6-9(13)3-4-11(12)16(17)18/h3-4,6,10,15H,2,5,8H2,1H3. The van der Waals surface area contributed by atoms with Gasteiger partial charge in [0.15, 0.2) is 5.75 Å². The number of nitriles is 1. The van der Waals surface area contributed by atoms with Crippen LogP contribution in [-0.4, -0.2) is 24.1 Å². The lowest BCUT2D eigenvalue weighted by atomic mass is 10.3. The summed E-state index contributed by atoms with van der Waals surface area (Å²) in [6.07, 6.45) is 0.884. The third-order valence-electron chi connectivity index (χ3n) is 2.32. The van der Waals surface area contributed by atoms with Crippen molar-refractivity contribution >= 4 is 17.3 Å². The summed E-state index contributed by atoms with van der Waals surface area (Å²) in [7, 11) is 0. The maximum absolute atomic E-state index is 10.8. The van der Waals surface area contributed by atoms with Gasteiger partial charge in [-0.3, -0.25) is 15.4 Å². The van der Waals surface area contributed by atoms with Crippen LogP contribution in [0.2, 0.25) is 5.02 Å². The van der Waals surface area contributed by atoms with Crippen molar-refractivity contribution in [2.45, 2.75) is 19.4 Å². The molecule has 0 saturated carbocycles. The Balaban J connectivity index is 2.73. The van der Waals surface area contributed by atoms with Gasteiger partial charge in [0.25, 0.3) is 0 Å². The van der Waals surface area contributed by atoms with Gasteiger partial charge in [-0.05, 0) is 19.0 Å². The number of hydrogen-bond donors (Lipinski definition) is 1. The average Bonchev–Trinajstić information content (AvgIpc) is 2.38. The lowest BCUT2D eigenvalue weighted by Gasteiger charge is -2.12. The quantitative estimate of drug-likeness (QED) is 0.613. The summed E-state index contributed by atoms with van der Waals surface area (Å²) in [5.74, 6) is 0.0658. The van der Waals surface area contributed by atoms with E-state index in [9.17, 15) is 10.1 Å². The minimum absolute atomic E-state index is 0.0255. The number of hydrogen-bond acceptors (Lipinski definition) is 5. The molecule has 0 spiro atoms. The molecule has 7 heteroatoms. The van der Waals surface area contributed by atoms with Crippen LogP contribution >= 0.6 is 11.6 Å². The van der Waals surface area contributed by atoms with E-state index in [2.05, 4.69) is 5.32 Å². The Morgan fingerprint density at radius 1 is 1.63 bits per heavy atom. The van der Waals surface area contributed by atoms with E-state index in [1.165, 1.54) is 18.2 Å². The molecule has 19 heavy (non-hydrogen) atoms. The van der Waals surface area contributed by atoms with Crippen molar-refractivity contribution in [3.63, 3.8) is 0 Å². The first-order valence-electron chi connectivity index (χ1n) is 5.78. The number of nitro benzene ring substituents is 1. The Kier molecular flexibility index (Phi) is 6.06. The molecule has 1 N–H and O–H groups in total. The largest absolute Gasteiger partial charge is 0.484 e. The van der Waals surface area contributed by atoms with Crippen molar-refractivity contribution in [1.29, 1.82) is 5.26 Å². The molecule has 0 aliphatic carbocycles. The fraction of sp³-hybridized carbons (Fsp3) is 0.417. The number of ether oxygens (including phenoxy) is 1. The summed E-state index contributed by atoms with van der Waals surface area (Å²) in [5, 5.41) is 23.0. The number of nitrogens with zero attached hydrogens (tertiary/aromatic N) is 2. The van der Waals surface area contributed by atoms with Gasteiger partial charge in [0, 0.05) is 17.2 Å². The van der Waals surface area contributed by atoms with E-state index < -0.39 is 11.0 Å². The van der Waals surface area contributed by atoms with Crippen LogP contribution in [0.15, 0.2) is 18.2 Å². The second kappa shape index (κ2) is 7.56. The van der Waals surface area contributed by atoms with E-state index in [4.69, 9.17) is 21.6 Å². The zero-order valence-corrected chi connectivity index (χ0v) is 11.2. The molecule has 0 aromatic heterocycles. The molecule has 0 bridgehead atoms. The third kappa shape index (κ3) is 4.73. The van der Waals surface area contributed by atoms with Crippen LogP contribution in [0.4, 0.5) is 5.69 Å². The van der Waals surface area contributed by atoms with Gasteiger partial charge < -0.3 is 4.74 Å². The molecule has 1 atom stereocenters. The molecule has 0 amide bonds. The Morgan fingerprint density at radius 2 is 2.37 bits per heavy atom. The molecule has 1 rings (SSSR count). The molecular formula is C12H14ClN3O3. The highest BCUT2D eigenvalue weighted by molar-refractivity contribution is 6.30. The molecule has 102 valence electrons. The molecule has 1 aromatic carbocycles. The van der Waals surface area contributed by atoms with Crippen LogP contribution in [-0.2, 0) is 0 Å². The summed E-state index contributed by atoms with van der Waals surface area (Å²) < 4.78 is 5.32. The van der Waals surface area contributed by atoms with Crippen molar-refractivity contribution in [3.05, 3.63) is 33.3 Å². The minimum atomic E-state index is -0.549. The van der Waals surface area contributed by atoms with Crippen LogP contribution in [0.25, 0.3) is 0 Å². The van der Waals surface area contributed by atoms with Crippen LogP contribution in [0.5, 0.6) is 5.75 Å². The molecule has 0 radical (unpaired) electrons. The van der Waals surface area contributed by atoms with Gasteiger partial charge in [-0.1, -0.05) is 18.5 Å². The van der Waals surface area contributed by atoms with Crippen LogP contribution < -0.4 is 10.1 Å². The highest BCUT2D eigenvalue weighted by atomic mass is 35.5. The monoisotopic (exact) mass is 283 g/mol. The molecule has 0 saturated heterocycles. The molecule has 0 aliphatic rings. The first kappa shape index (κ1) is 15.2. The zero-order valence-electron chi connectivity index (χ0n) is 10.4. The van der Waals surface area contributed by atoms with Gasteiger partial charge in [-0.2, -0.15) is 5.26 Å². The first-order chi connectivity index (χ1) is 9.08. The lowest BCUT2D eigenvalue weighted by Crippen LogP contribution is -2.33. The third-order valence-corrected chi connectivity index (χ3v) is 2.56. The van der Waals surface area contributed by atoms with Crippen molar-refractivity contribution in [2.75, 3.05) is 13.2 Å². The SMILES string of the molecule is CCCNC(C#N)COc1cc(Cl)ccc1[N+](=O)[O-]. The topological polar surface area (TPSA) is 88.2 Å². The maximum atomic E-state index is 10.8. The van der Waals surface area contributed by atoms with E-state index in [0.717, 1.165) is 6.42 Å². The van der Waals surface area contributed by atoms with E-state index in [1.54, 1.807) is 0 Å². The number of benzene rings is 1. The summed E-state index contributed by atoms with van der Waals surface area (Å²) in [6, 6.07) is 5.58. The van der Waals surface area contributed by atoms with Gasteiger partial charge >= 0.3 is 5.69 Å². The van der Waals surface area contributed by atoms with Gasteiger partial charge in [-0.15, -0.1) is 0 Å². The maximum Gasteiger partial charge on any atom is 0.311 e. The Bertz CT molecular complexity index is 488. The minimum Gasteiger partial charge on any atom is -0.484 e. The molecular weight excluding hydrogens is 270 g/mol. The highest BCUT2D eigenvalue weighted by Gasteiger charge is 2.17. The normalized spacial score (nSPS) is 11.6. The smallest absolute Gasteiger partial charge is 0.311 e. The number of nitrogens with one attached hydrogen (secondary N) is 1. The Labute approximate surface area is 116 Å². The van der Waals surface area contributed by atoms with Crippen molar-refractivity contribution in [3.8, 4) is 11.8 Å². The molecule has 0 heterocycles. The highest BCUT2D eigenvalue weighted by Crippen LogP contribution is 2.29. The predicted molar refractivity (Wildman–Crippen MR) is 71.3 cm³/mol. The van der Waals surface area contributed by atoms with Crippen LogP contribution in [0, 0.1) is 21.4 Å². The van der Waals surface area contributed by atoms with E-state index >= 15 is 0 Å². The van der Waals surface area contributed by atoms with Gasteiger partial charge in [-0.25, -0.2) is 0 Å². The zero-order chi connectivity index (χ0) is 14.3. The summed E-state index contributed by atoms with van der Waals surface area (Å²) in [5.41, 5.74) is -0.170. The lowest BCUT2D eigenvalue weighted by molar-refractivity contribution is -0.385. The van der Waals surface area contributed by atoms with E-state index in [0.29, 0.717) is 11.6 Å². The second-order valence-electron chi connectivity index (χ2n) is 3.82. The number of rotatable bonds is 7. The number of halogens is 1. The van der Waals surface area contributed by atoms with Crippen molar-refractivity contribution < 1.29 is 9.66 Å². The summed E-state index contributed by atoms with van der Waals surface area (Å²) >= 11 is 5.77. The molecule has 6 nitrogen and oxygen atoms in total. The Hall–Kier alpha value is -1.84. The van der Waals surface area contributed by atoms with Crippen molar-refractivity contribution in [1.82, 2.24) is 5.32 Å². The van der Waals surface area contributed by atoms with Gasteiger partial charge in [0.05, 0.1) is 11.0 Å². The fourth-order valence-corrected chi connectivity index (χ4v) is 1.55. The van der Waals surface area contributed by atoms with Crippen molar-refractivity contribution in [2.24, 2.45) is 0 Å². The number of nitro groups is 1. The molecule has 0 fully saturated rings. The molecule has 0 aliphatic heterocycles.